The average Bonchev–Trinajstić information content (AvgIpc) is 3.26. The second-order valence-corrected chi connectivity index (χ2v) is 8.77. The van der Waals surface area contributed by atoms with Crippen molar-refractivity contribution in [1.29, 1.82) is 5.41 Å². The molecule has 2 heterocycles. The Morgan fingerprint density at radius 1 is 1.05 bits per heavy atom. The third-order valence-electron chi connectivity index (χ3n) is 5.89. The van der Waals surface area contributed by atoms with E-state index in [1.54, 1.807) is 22.8 Å². The number of carbonyl (C=O) groups excluding carboxylic acids is 3. The number of ether oxygens (including phenoxy) is 1. The molecule has 4 aromatic rings. The quantitative estimate of drug-likeness (QED) is 0.134. The van der Waals surface area contributed by atoms with Gasteiger partial charge in [-0.15, -0.1) is 0 Å². The topological polar surface area (TPSA) is 154 Å². The summed E-state index contributed by atoms with van der Waals surface area (Å²) in [5.41, 5.74) is 9.20. The van der Waals surface area contributed by atoms with Crippen LogP contribution in [0.4, 0.5) is 13.2 Å². The number of hydrogen-bond acceptors (Lipinski definition) is 6. The van der Waals surface area contributed by atoms with Gasteiger partial charge in [0, 0.05) is 41.7 Å². The third kappa shape index (κ3) is 7.47. The largest absolute Gasteiger partial charge is 0.542 e. The Morgan fingerprint density at radius 2 is 1.68 bits per heavy atom. The summed E-state index contributed by atoms with van der Waals surface area (Å²) in [5, 5.41) is 20.1. The number of nitrogens with zero attached hydrogens (tertiary/aromatic N) is 2. The molecule has 13 heteroatoms. The number of nitrogen functional groups attached to an aromatic ring is 1. The summed E-state index contributed by atoms with van der Waals surface area (Å²) in [6.45, 7) is 0.615. The van der Waals surface area contributed by atoms with E-state index in [1.807, 2.05) is 66.5 Å². The molecule has 2 aromatic heterocycles. The minimum Gasteiger partial charge on any atom is -0.542 e. The number of amidine groups is 1. The molecule has 0 radical (unpaired) electrons. The number of aryl methyl sites for hydroxylation is 1. The van der Waals surface area contributed by atoms with Crippen molar-refractivity contribution < 1.29 is 42.0 Å². The molecule has 0 unspecified atom stereocenters. The van der Waals surface area contributed by atoms with Crippen LogP contribution >= 0.6 is 0 Å². The number of benzene rings is 2. The number of esters is 1. The molecule has 4 N–H and O–H groups in total. The maximum atomic E-state index is 13.5. The molecule has 2 aromatic carbocycles. The van der Waals surface area contributed by atoms with Crippen LogP contribution in [-0.2, 0) is 29.7 Å². The first-order valence-electron chi connectivity index (χ1n) is 12.0. The number of para-hydroxylation sites is 1. The van der Waals surface area contributed by atoms with Gasteiger partial charge in [-0.2, -0.15) is 13.2 Å². The highest BCUT2D eigenvalue weighted by Gasteiger charge is 2.29. The van der Waals surface area contributed by atoms with E-state index in [1.165, 1.54) is 7.11 Å². The monoisotopic (exact) mass is 569 g/mol. The highest BCUT2D eigenvalue weighted by molar-refractivity contribution is 6.14. The van der Waals surface area contributed by atoms with Gasteiger partial charge in [0.05, 0.1) is 12.7 Å². The van der Waals surface area contributed by atoms with Crippen molar-refractivity contribution in [2.75, 3.05) is 7.11 Å². The van der Waals surface area contributed by atoms with E-state index >= 15 is 0 Å². The zero-order valence-electron chi connectivity index (χ0n) is 22.0. The summed E-state index contributed by atoms with van der Waals surface area (Å²) >= 11 is 0. The lowest BCUT2D eigenvalue weighted by molar-refractivity contribution is -0.671. The third-order valence-corrected chi connectivity index (χ3v) is 5.89. The van der Waals surface area contributed by atoms with Gasteiger partial charge in [-0.05, 0) is 23.3 Å². The van der Waals surface area contributed by atoms with Gasteiger partial charge in [-0.25, -0.2) is 9.36 Å². The zero-order chi connectivity index (χ0) is 30.3. The highest BCUT2D eigenvalue weighted by Crippen LogP contribution is 2.28. The van der Waals surface area contributed by atoms with Gasteiger partial charge < -0.3 is 30.3 Å². The van der Waals surface area contributed by atoms with Gasteiger partial charge in [0.2, 0.25) is 0 Å². The number of nitrogens with two attached hydrogens (primary N) is 1. The Bertz CT molecular complexity index is 1600. The number of amides is 1. The molecule has 0 spiro atoms. The second-order valence-electron chi connectivity index (χ2n) is 8.77. The van der Waals surface area contributed by atoms with Crippen molar-refractivity contribution in [2.45, 2.75) is 19.3 Å². The predicted octanol–water partition coefficient (Wildman–Crippen LogP) is 1.81. The van der Waals surface area contributed by atoms with Gasteiger partial charge in [0.15, 0.2) is 12.4 Å². The van der Waals surface area contributed by atoms with E-state index in [0.29, 0.717) is 24.0 Å². The Morgan fingerprint density at radius 3 is 2.27 bits per heavy atom. The Hall–Kier alpha value is -5.20. The smallest absolute Gasteiger partial charge is 0.430 e. The normalized spacial score (nSPS) is 10.9. The zero-order valence-corrected chi connectivity index (χ0v) is 22.0. The van der Waals surface area contributed by atoms with Crippen LogP contribution in [0.1, 0.15) is 37.5 Å². The van der Waals surface area contributed by atoms with Crippen LogP contribution < -0.4 is 20.7 Å². The summed E-state index contributed by atoms with van der Waals surface area (Å²) in [5.74, 6) is -4.01. The van der Waals surface area contributed by atoms with Crippen LogP contribution in [0.15, 0.2) is 73.1 Å². The fourth-order valence-electron chi connectivity index (χ4n) is 3.95. The number of carboxylic acids is 1. The van der Waals surface area contributed by atoms with Crippen molar-refractivity contribution >= 4 is 34.6 Å². The first-order chi connectivity index (χ1) is 19.3. The Kier molecular flexibility index (Phi) is 9.45. The number of carbonyl (C=O) groups is 3. The van der Waals surface area contributed by atoms with Gasteiger partial charge in [0.1, 0.15) is 24.5 Å². The summed E-state index contributed by atoms with van der Waals surface area (Å²) in [6, 6.07) is 18.5. The number of carboxylic acid groups (broad SMARTS) is 1. The molecular weight excluding hydrogens is 543 g/mol. The number of pyridine rings is 1. The number of alkyl halides is 3. The highest BCUT2D eigenvalue weighted by atomic mass is 19.4. The lowest BCUT2D eigenvalue weighted by Gasteiger charge is -2.13. The van der Waals surface area contributed by atoms with Gasteiger partial charge in [-0.3, -0.25) is 10.2 Å². The number of aromatic nitrogens is 2. The first-order valence-corrected chi connectivity index (χ1v) is 12.0. The van der Waals surface area contributed by atoms with Crippen LogP contribution in [0, 0.1) is 5.41 Å². The van der Waals surface area contributed by atoms with Gasteiger partial charge in [0.25, 0.3) is 5.91 Å². The molecule has 214 valence electrons. The summed E-state index contributed by atoms with van der Waals surface area (Å²) < 4.78 is 40.3. The minimum absolute atomic E-state index is 0.0382. The minimum atomic E-state index is -5.19. The number of aliphatic carboxylic acids is 1. The number of hydrogen-bond donors (Lipinski definition) is 3. The van der Waals surface area contributed by atoms with E-state index in [0.717, 1.165) is 16.6 Å². The number of rotatable bonds is 7. The average molecular weight is 570 g/mol. The molecule has 0 fully saturated rings. The predicted molar refractivity (Wildman–Crippen MR) is 140 cm³/mol. The molecule has 0 aliphatic carbocycles. The van der Waals surface area contributed by atoms with Gasteiger partial charge in [-0.1, -0.05) is 36.4 Å². The molecule has 0 aliphatic rings. The first kappa shape index (κ1) is 30.3. The SMILES string of the molecule is COC(=O)c1c(C(=O)NCc2cc[n+](C)cc2)n(Cc2cccc(C(=N)N)c2)c2ccccc12.O=C([O-])C(F)(F)F. The number of nitrogens with one attached hydrogen (secondary N) is 2. The van der Waals surface area contributed by atoms with E-state index in [9.17, 15) is 22.8 Å². The molecule has 10 nitrogen and oxygen atoms in total. The number of methoxy groups -OCH3 is 1. The van der Waals surface area contributed by atoms with Crippen molar-refractivity contribution in [2.24, 2.45) is 12.8 Å². The molecule has 0 saturated heterocycles. The lowest BCUT2D eigenvalue weighted by Crippen LogP contribution is -2.37. The molecule has 41 heavy (non-hydrogen) atoms. The number of fused-ring (bicyclic) bond motifs is 1. The molecule has 0 atom stereocenters. The second kappa shape index (κ2) is 12.8. The number of halogens is 3. The summed E-state index contributed by atoms with van der Waals surface area (Å²) in [7, 11) is 3.22. The molecule has 0 saturated carbocycles. The standard InChI is InChI=1S/C26H25N5O3.C2HF3O2/c1-30-12-10-17(11-13-30)15-29-25(32)23-22(26(33)34-2)20-8-3-4-9-21(20)31(23)16-18-6-5-7-19(14-18)24(27)28;3-2(4,5)1(6)7/h3-14H,15-16H2,1-2H3,(H3-,27,28,29,32);(H,6,7). The fourth-order valence-corrected chi connectivity index (χ4v) is 3.95. The van der Waals surface area contributed by atoms with Crippen LogP contribution in [0.25, 0.3) is 10.9 Å². The molecular formula is C28H26F3N5O5. The summed E-state index contributed by atoms with van der Waals surface area (Å²) in [4.78, 5) is 35.1. The molecule has 1 amide bonds. The van der Waals surface area contributed by atoms with Crippen molar-refractivity contribution in [3.8, 4) is 0 Å². The molecule has 4 rings (SSSR count). The molecule has 0 aliphatic heterocycles. The van der Waals surface area contributed by atoms with E-state index in [4.69, 9.17) is 25.8 Å². The Labute approximate surface area is 232 Å². The summed E-state index contributed by atoms with van der Waals surface area (Å²) in [6.07, 6.45) is -1.39. The maximum Gasteiger partial charge on any atom is 0.430 e. The van der Waals surface area contributed by atoms with Crippen LogP contribution in [0.3, 0.4) is 0 Å². The van der Waals surface area contributed by atoms with Crippen LogP contribution in [0.5, 0.6) is 0 Å². The van der Waals surface area contributed by atoms with Crippen molar-refractivity contribution in [3.63, 3.8) is 0 Å². The molecule has 0 bridgehead atoms. The van der Waals surface area contributed by atoms with E-state index in [-0.39, 0.29) is 23.0 Å². The fraction of sp³-hybridized carbons (Fsp3) is 0.179. The van der Waals surface area contributed by atoms with E-state index < -0.39 is 18.1 Å². The van der Waals surface area contributed by atoms with Crippen molar-refractivity contribution in [3.05, 3.63) is 101 Å². The van der Waals surface area contributed by atoms with Crippen LogP contribution in [0.2, 0.25) is 0 Å². The van der Waals surface area contributed by atoms with E-state index in [2.05, 4.69) is 5.32 Å². The van der Waals surface area contributed by atoms with Gasteiger partial charge >= 0.3 is 12.1 Å². The maximum absolute atomic E-state index is 13.5. The Balaban J connectivity index is 0.000000587. The van der Waals surface area contributed by atoms with Crippen molar-refractivity contribution in [1.82, 2.24) is 9.88 Å². The van der Waals surface area contributed by atoms with Crippen LogP contribution in [-0.4, -0.2) is 41.5 Å². The lowest BCUT2D eigenvalue weighted by atomic mass is 10.1.